The molecule has 1 saturated heterocycles. The zero-order chi connectivity index (χ0) is 11.7. The minimum absolute atomic E-state index is 0.682. The predicted octanol–water partition coefficient (Wildman–Crippen LogP) is 1.83. The number of imidazole rings is 1. The summed E-state index contributed by atoms with van der Waals surface area (Å²) in [5.74, 6) is 0.682. The molecule has 2 aromatic heterocycles. The van der Waals surface area contributed by atoms with E-state index >= 15 is 0 Å². The van der Waals surface area contributed by atoms with E-state index in [2.05, 4.69) is 33.2 Å². The second kappa shape index (κ2) is 4.76. The average Bonchev–Trinajstić information content (AvgIpc) is 2.98. The van der Waals surface area contributed by atoms with Crippen molar-refractivity contribution in [2.75, 3.05) is 19.8 Å². The number of fused-ring (bicyclic) bond motifs is 1. The Morgan fingerprint density at radius 3 is 3.41 bits per heavy atom. The lowest BCUT2D eigenvalue weighted by Gasteiger charge is -2.09. The van der Waals surface area contributed by atoms with Crippen molar-refractivity contribution in [3.63, 3.8) is 0 Å². The molecule has 5 heteroatoms. The van der Waals surface area contributed by atoms with Crippen molar-refractivity contribution in [1.29, 1.82) is 0 Å². The van der Waals surface area contributed by atoms with Crippen molar-refractivity contribution in [3.8, 4) is 0 Å². The quantitative estimate of drug-likeness (QED) is 0.901. The average molecular weight is 251 g/mol. The third-order valence-electron chi connectivity index (χ3n) is 3.31. The fourth-order valence-corrected chi connectivity index (χ4v) is 3.07. The number of nitrogens with one attached hydrogen (secondary N) is 1. The number of ether oxygens (including phenoxy) is 1. The van der Waals surface area contributed by atoms with Gasteiger partial charge < -0.3 is 10.1 Å². The highest BCUT2D eigenvalue weighted by molar-refractivity contribution is 7.15. The van der Waals surface area contributed by atoms with Crippen LogP contribution in [0.15, 0.2) is 11.6 Å². The lowest BCUT2D eigenvalue weighted by Crippen LogP contribution is -2.23. The number of aromatic nitrogens is 2. The van der Waals surface area contributed by atoms with Gasteiger partial charge in [-0.1, -0.05) is 0 Å². The van der Waals surface area contributed by atoms with Crippen LogP contribution in [0.2, 0.25) is 0 Å². The molecular formula is C12H17N3OS. The zero-order valence-corrected chi connectivity index (χ0v) is 10.8. The van der Waals surface area contributed by atoms with Crippen molar-refractivity contribution in [2.45, 2.75) is 19.9 Å². The molecule has 0 aromatic carbocycles. The van der Waals surface area contributed by atoms with Crippen molar-refractivity contribution >= 4 is 16.3 Å². The van der Waals surface area contributed by atoms with Gasteiger partial charge in [-0.05, 0) is 19.3 Å². The van der Waals surface area contributed by atoms with Gasteiger partial charge in [-0.2, -0.15) is 0 Å². The molecule has 0 radical (unpaired) electrons. The molecule has 2 aromatic rings. The van der Waals surface area contributed by atoms with Gasteiger partial charge in [-0.3, -0.25) is 4.40 Å². The normalized spacial score (nSPS) is 20.4. The largest absolute Gasteiger partial charge is 0.381 e. The molecule has 92 valence electrons. The SMILES string of the molecule is Cc1nc2sccn2c1CNCC1CCOC1. The summed E-state index contributed by atoms with van der Waals surface area (Å²) in [6.07, 6.45) is 3.28. The first kappa shape index (κ1) is 11.2. The monoisotopic (exact) mass is 251 g/mol. The maximum atomic E-state index is 5.37. The Hall–Kier alpha value is -0.910. The molecule has 0 bridgehead atoms. The molecule has 0 spiro atoms. The number of rotatable bonds is 4. The van der Waals surface area contributed by atoms with Crippen molar-refractivity contribution in [1.82, 2.24) is 14.7 Å². The van der Waals surface area contributed by atoms with E-state index in [1.54, 1.807) is 11.3 Å². The van der Waals surface area contributed by atoms with Crippen LogP contribution in [0, 0.1) is 12.8 Å². The van der Waals surface area contributed by atoms with Crippen LogP contribution in [0.25, 0.3) is 4.96 Å². The van der Waals surface area contributed by atoms with Gasteiger partial charge in [0.15, 0.2) is 4.96 Å². The van der Waals surface area contributed by atoms with Gasteiger partial charge in [0.1, 0.15) is 0 Å². The molecule has 0 amide bonds. The van der Waals surface area contributed by atoms with Crippen LogP contribution in [-0.2, 0) is 11.3 Å². The van der Waals surface area contributed by atoms with Crippen LogP contribution in [0.1, 0.15) is 17.8 Å². The predicted molar refractivity (Wildman–Crippen MR) is 68.4 cm³/mol. The van der Waals surface area contributed by atoms with Crippen LogP contribution < -0.4 is 5.32 Å². The molecule has 1 unspecified atom stereocenters. The number of hydrogen-bond donors (Lipinski definition) is 1. The van der Waals surface area contributed by atoms with E-state index in [0.717, 1.165) is 37.0 Å². The molecule has 1 aliphatic heterocycles. The highest BCUT2D eigenvalue weighted by Gasteiger charge is 2.15. The van der Waals surface area contributed by atoms with Crippen LogP contribution in [0.3, 0.4) is 0 Å². The Balaban J connectivity index is 1.63. The third-order valence-corrected chi connectivity index (χ3v) is 4.07. The molecule has 1 N–H and O–H groups in total. The Labute approximate surface area is 105 Å². The summed E-state index contributed by atoms with van der Waals surface area (Å²) in [5.41, 5.74) is 2.41. The van der Waals surface area contributed by atoms with Gasteiger partial charge >= 0.3 is 0 Å². The highest BCUT2D eigenvalue weighted by Crippen LogP contribution is 2.17. The van der Waals surface area contributed by atoms with Gasteiger partial charge in [0.25, 0.3) is 0 Å². The first-order chi connectivity index (χ1) is 8.34. The minimum atomic E-state index is 0.682. The maximum Gasteiger partial charge on any atom is 0.194 e. The van der Waals surface area contributed by atoms with Gasteiger partial charge in [0.05, 0.1) is 18.0 Å². The van der Waals surface area contributed by atoms with Crippen LogP contribution >= 0.6 is 11.3 Å². The third kappa shape index (κ3) is 2.22. The van der Waals surface area contributed by atoms with Crippen molar-refractivity contribution in [2.24, 2.45) is 5.92 Å². The van der Waals surface area contributed by atoms with E-state index < -0.39 is 0 Å². The Morgan fingerprint density at radius 1 is 1.65 bits per heavy atom. The van der Waals surface area contributed by atoms with E-state index in [9.17, 15) is 0 Å². The molecule has 3 heterocycles. The molecule has 0 aliphatic carbocycles. The number of thiazole rings is 1. The second-order valence-electron chi connectivity index (χ2n) is 4.56. The molecule has 17 heavy (non-hydrogen) atoms. The summed E-state index contributed by atoms with van der Waals surface area (Å²) in [6, 6.07) is 0. The van der Waals surface area contributed by atoms with Gasteiger partial charge in [-0.25, -0.2) is 4.98 Å². The van der Waals surface area contributed by atoms with Gasteiger partial charge in [0, 0.05) is 31.3 Å². The minimum Gasteiger partial charge on any atom is -0.381 e. The summed E-state index contributed by atoms with van der Waals surface area (Å²) in [4.78, 5) is 5.63. The number of nitrogens with zero attached hydrogens (tertiary/aromatic N) is 2. The van der Waals surface area contributed by atoms with E-state index in [0.29, 0.717) is 5.92 Å². The van der Waals surface area contributed by atoms with E-state index in [1.165, 1.54) is 12.1 Å². The molecule has 3 rings (SSSR count). The van der Waals surface area contributed by atoms with Crippen LogP contribution in [0.4, 0.5) is 0 Å². The zero-order valence-electron chi connectivity index (χ0n) is 9.98. The summed E-state index contributed by atoms with van der Waals surface area (Å²) < 4.78 is 7.55. The summed E-state index contributed by atoms with van der Waals surface area (Å²) in [7, 11) is 0. The Kier molecular flexibility index (Phi) is 3.13. The molecule has 4 nitrogen and oxygen atoms in total. The maximum absolute atomic E-state index is 5.37. The first-order valence-electron chi connectivity index (χ1n) is 6.04. The Morgan fingerprint density at radius 2 is 2.59 bits per heavy atom. The van der Waals surface area contributed by atoms with E-state index in [1.807, 2.05) is 0 Å². The van der Waals surface area contributed by atoms with Crippen LogP contribution in [0.5, 0.6) is 0 Å². The van der Waals surface area contributed by atoms with E-state index in [-0.39, 0.29) is 0 Å². The lowest BCUT2D eigenvalue weighted by atomic mass is 10.1. The number of hydrogen-bond acceptors (Lipinski definition) is 4. The number of aryl methyl sites for hydroxylation is 1. The smallest absolute Gasteiger partial charge is 0.194 e. The lowest BCUT2D eigenvalue weighted by molar-refractivity contribution is 0.185. The molecule has 1 atom stereocenters. The first-order valence-corrected chi connectivity index (χ1v) is 6.92. The van der Waals surface area contributed by atoms with Gasteiger partial charge in [-0.15, -0.1) is 11.3 Å². The highest BCUT2D eigenvalue weighted by atomic mass is 32.1. The molecule has 0 saturated carbocycles. The summed E-state index contributed by atoms with van der Waals surface area (Å²) in [6.45, 7) is 5.84. The standard InChI is InChI=1S/C12H17N3OS/c1-9-11(15-3-5-17-12(15)14-9)7-13-6-10-2-4-16-8-10/h3,5,10,13H,2,4,6-8H2,1H3. The summed E-state index contributed by atoms with van der Waals surface area (Å²) >= 11 is 1.69. The molecular weight excluding hydrogens is 234 g/mol. The summed E-state index contributed by atoms with van der Waals surface area (Å²) in [5, 5.41) is 5.60. The second-order valence-corrected chi connectivity index (χ2v) is 5.43. The van der Waals surface area contributed by atoms with Crippen molar-refractivity contribution < 1.29 is 4.74 Å². The Bertz CT molecular complexity index is 499. The molecule has 1 fully saturated rings. The van der Waals surface area contributed by atoms with Crippen molar-refractivity contribution in [3.05, 3.63) is 23.0 Å². The fourth-order valence-electron chi connectivity index (χ4n) is 2.29. The van der Waals surface area contributed by atoms with E-state index in [4.69, 9.17) is 4.74 Å². The molecule has 1 aliphatic rings. The van der Waals surface area contributed by atoms with Crippen LogP contribution in [-0.4, -0.2) is 29.1 Å². The van der Waals surface area contributed by atoms with Gasteiger partial charge in [0.2, 0.25) is 0 Å². The fraction of sp³-hybridized carbons (Fsp3) is 0.583. The topological polar surface area (TPSA) is 38.6 Å².